The van der Waals surface area contributed by atoms with E-state index in [1.165, 1.54) is 14.1 Å². The summed E-state index contributed by atoms with van der Waals surface area (Å²) in [6, 6.07) is 15.8. The van der Waals surface area contributed by atoms with Crippen molar-refractivity contribution in [3.8, 4) is 0 Å². The maximum atomic E-state index is 13.7. The van der Waals surface area contributed by atoms with Gasteiger partial charge in [-0.05, 0) is 23.0 Å². The van der Waals surface area contributed by atoms with E-state index in [4.69, 9.17) is 9.47 Å². The average Bonchev–Trinajstić information content (AvgIpc) is 3.07. The Labute approximate surface area is 282 Å². The van der Waals surface area contributed by atoms with Crippen molar-refractivity contribution < 1.29 is 38.2 Å². The molecule has 0 aromatic heterocycles. The maximum Gasteiger partial charge on any atom is 0.326 e. The first-order valence-electron chi connectivity index (χ1n) is 16.4. The van der Waals surface area contributed by atoms with Crippen LogP contribution in [0.2, 0.25) is 0 Å². The van der Waals surface area contributed by atoms with E-state index in [1.807, 2.05) is 26.0 Å². The Hall–Kier alpha value is -4.74. The van der Waals surface area contributed by atoms with Gasteiger partial charge in [0.05, 0.1) is 0 Å². The number of hydrogen-bond acceptors (Lipinski definition) is 8. The van der Waals surface area contributed by atoms with Crippen LogP contribution >= 0.6 is 0 Å². The first-order chi connectivity index (χ1) is 22.8. The summed E-state index contributed by atoms with van der Waals surface area (Å²) >= 11 is 0. The van der Waals surface area contributed by atoms with Gasteiger partial charge >= 0.3 is 11.9 Å². The second kappa shape index (κ2) is 18.0. The molecule has 6 unspecified atom stereocenters. The highest BCUT2D eigenvalue weighted by atomic mass is 16.6. The minimum Gasteiger partial charge on any atom is -0.451 e. The first kappa shape index (κ1) is 37.7. The summed E-state index contributed by atoms with van der Waals surface area (Å²) in [7, 11) is 2.81. The van der Waals surface area contributed by atoms with Gasteiger partial charge in [-0.1, -0.05) is 101 Å². The molecule has 1 fully saturated rings. The van der Waals surface area contributed by atoms with E-state index < -0.39 is 72.9 Å². The van der Waals surface area contributed by atoms with E-state index in [0.29, 0.717) is 24.0 Å². The molecule has 0 aliphatic carbocycles. The third-order valence-corrected chi connectivity index (χ3v) is 8.70. The molecule has 3 rings (SSSR count). The fraction of sp³-hybridized carbons (Fsp3) is 0.500. The van der Waals surface area contributed by atoms with Gasteiger partial charge in [0.25, 0.3) is 11.8 Å². The molecule has 0 spiro atoms. The van der Waals surface area contributed by atoms with Gasteiger partial charge in [0.1, 0.15) is 25.2 Å². The topological polar surface area (TPSA) is 151 Å². The second-order valence-corrected chi connectivity index (χ2v) is 12.5. The maximum absolute atomic E-state index is 13.7. The number of nitrogens with one attached hydrogen (secondary N) is 2. The number of likely N-dealkylation sites (N-methyl/N-ethyl adjacent to an activating group) is 2. The lowest BCUT2D eigenvalue weighted by atomic mass is 9.97. The summed E-state index contributed by atoms with van der Waals surface area (Å²) in [6.07, 6.45) is -1.56. The van der Waals surface area contributed by atoms with Crippen molar-refractivity contribution in [3.05, 3.63) is 71.8 Å². The molecule has 2 aromatic carbocycles. The van der Waals surface area contributed by atoms with Crippen LogP contribution < -0.4 is 10.6 Å². The highest BCUT2D eigenvalue weighted by molar-refractivity contribution is 5.94. The van der Waals surface area contributed by atoms with Gasteiger partial charge in [-0.3, -0.25) is 28.8 Å². The van der Waals surface area contributed by atoms with Crippen LogP contribution in [0.4, 0.5) is 0 Å². The number of carbonyl (C=O) groups is 6. The highest BCUT2D eigenvalue weighted by Crippen LogP contribution is 2.16. The fourth-order valence-corrected chi connectivity index (χ4v) is 5.30. The Kier molecular flexibility index (Phi) is 14.1. The molecule has 6 atom stereocenters. The molecule has 260 valence electrons. The Morgan fingerprint density at radius 1 is 0.625 bits per heavy atom. The van der Waals surface area contributed by atoms with Gasteiger partial charge in [0, 0.05) is 26.9 Å². The summed E-state index contributed by atoms with van der Waals surface area (Å²) in [6.45, 7) is 6.29. The van der Waals surface area contributed by atoms with Gasteiger partial charge < -0.3 is 29.9 Å². The van der Waals surface area contributed by atoms with Crippen molar-refractivity contribution in [1.29, 1.82) is 0 Å². The largest absolute Gasteiger partial charge is 0.451 e. The summed E-state index contributed by atoms with van der Waals surface area (Å²) < 4.78 is 11.3. The normalized spacial score (nSPS) is 23.6. The standard InChI is InChI=1S/C36H48N4O8/c1-7-23(3)31-35(45)39(5)21-29(41)48-28(20-26-17-13-10-14-18-26)34(44)38-32(24(4)8-2)36(46)40(6)22-30(42)47-27(33(43)37-31)19-25-15-11-9-12-16-25/h9-18,23-24,27-28,31-32H,7-8,19-22H2,1-6H3,(H,37,43)(H,38,44). The van der Waals surface area contributed by atoms with E-state index >= 15 is 0 Å². The van der Waals surface area contributed by atoms with E-state index in [-0.39, 0.29) is 24.7 Å². The SMILES string of the molecule is CCC(C)C1NC(=O)C(Cc2ccccc2)OC(=O)CN(C)C(=O)C(C(C)CC)NC(=O)C(Cc2ccccc2)OC(=O)CN(C)C1=O. The monoisotopic (exact) mass is 664 g/mol. The summed E-state index contributed by atoms with van der Waals surface area (Å²) in [5.74, 6) is -4.85. The number of ether oxygens (including phenoxy) is 2. The van der Waals surface area contributed by atoms with E-state index in [1.54, 1.807) is 62.4 Å². The number of benzene rings is 2. The first-order valence-corrected chi connectivity index (χ1v) is 16.4. The predicted molar refractivity (Wildman–Crippen MR) is 178 cm³/mol. The fourth-order valence-electron chi connectivity index (χ4n) is 5.30. The van der Waals surface area contributed by atoms with Crippen LogP contribution in [0.5, 0.6) is 0 Å². The van der Waals surface area contributed by atoms with Gasteiger partial charge in [-0.2, -0.15) is 0 Å². The third-order valence-electron chi connectivity index (χ3n) is 8.70. The Morgan fingerprint density at radius 2 is 0.958 bits per heavy atom. The summed E-state index contributed by atoms with van der Waals surface area (Å²) in [5.41, 5.74) is 1.43. The van der Waals surface area contributed by atoms with Gasteiger partial charge in [0.2, 0.25) is 11.8 Å². The van der Waals surface area contributed by atoms with E-state index in [2.05, 4.69) is 10.6 Å². The quantitative estimate of drug-likeness (QED) is 0.408. The number of cyclic esters (lactones) is 2. The number of hydrogen-bond donors (Lipinski definition) is 2. The lowest BCUT2D eigenvalue weighted by Gasteiger charge is -2.31. The number of esters is 2. The van der Waals surface area contributed by atoms with Crippen molar-refractivity contribution in [2.45, 2.75) is 77.7 Å². The van der Waals surface area contributed by atoms with Crippen LogP contribution in [-0.4, -0.2) is 96.8 Å². The van der Waals surface area contributed by atoms with Crippen LogP contribution in [0.3, 0.4) is 0 Å². The minimum absolute atomic E-state index is 0.0218. The number of nitrogens with zero attached hydrogens (tertiary/aromatic N) is 2. The highest BCUT2D eigenvalue weighted by Gasteiger charge is 2.36. The van der Waals surface area contributed by atoms with Crippen molar-refractivity contribution >= 4 is 35.6 Å². The zero-order chi connectivity index (χ0) is 35.4. The van der Waals surface area contributed by atoms with Crippen LogP contribution in [0.25, 0.3) is 0 Å². The molecule has 48 heavy (non-hydrogen) atoms. The Balaban J connectivity index is 2.01. The molecular weight excluding hydrogens is 616 g/mol. The molecule has 1 aliphatic rings. The molecule has 12 heteroatoms. The molecule has 0 saturated carbocycles. The van der Waals surface area contributed by atoms with Crippen LogP contribution in [-0.2, 0) is 51.1 Å². The lowest BCUT2D eigenvalue weighted by molar-refractivity contribution is -0.161. The third kappa shape index (κ3) is 10.6. The van der Waals surface area contributed by atoms with Crippen molar-refractivity contribution in [3.63, 3.8) is 0 Å². The van der Waals surface area contributed by atoms with Crippen LogP contribution in [0.15, 0.2) is 60.7 Å². The molecule has 1 aliphatic heterocycles. The minimum atomic E-state index is -1.32. The average molecular weight is 665 g/mol. The van der Waals surface area contributed by atoms with Gasteiger partial charge in [-0.15, -0.1) is 0 Å². The summed E-state index contributed by atoms with van der Waals surface area (Å²) in [5, 5.41) is 5.50. The Morgan fingerprint density at radius 3 is 1.27 bits per heavy atom. The van der Waals surface area contributed by atoms with Crippen LogP contribution in [0.1, 0.15) is 51.7 Å². The summed E-state index contributed by atoms with van der Waals surface area (Å²) in [4.78, 5) is 83.6. The van der Waals surface area contributed by atoms with E-state index in [0.717, 1.165) is 9.80 Å². The molecule has 0 bridgehead atoms. The molecule has 2 N–H and O–H groups in total. The smallest absolute Gasteiger partial charge is 0.326 e. The zero-order valence-electron chi connectivity index (χ0n) is 28.6. The molecule has 12 nitrogen and oxygen atoms in total. The zero-order valence-corrected chi connectivity index (χ0v) is 28.6. The van der Waals surface area contributed by atoms with Gasteiger partial charge in [-0.25, -0.2) is 0 Å². The van der Waals surface area contributed by atoms with Crippen molar-refractivity contribution in [2.75, 3.05) is 27.2 Å². The number of rotatable bonds is 8. The molecular formula is C36H48N4O8. The second-order valence-electron chi connectivity index (χ2n) is 12.5. The molecule has 0 radical (unpaired) electrons. The Bertz CT molecular complexity index is 1310. The van der Waals surface area contributed by atoms with Gasteiger partial charge in [0.15, 0.2) is 12.2 Å². The van der Waals surface area contributed by atoms with Crippen molar-refractivity contribution in [2.24, 2.45) is 11.8 Å². The molecule has 1 heterocycles. The predicted octanol–water partition coefficient (Wildman–Crippen LogP) is 2.29. The number of amides is 4. The van der Waals surface area contributed by atoms with Crippen molar-refractivity contribution in [1.82, 2.24) is 20.4 Å². The molecule has 4 amide bonds. The number of carbonyl (C=O) groups excluding carboxylic acids is 6. The van der Waals surface area contributed by atoms with Crippen LogP contribution in [0, 0.1) is 11.8 Å². The lowest BCUT2D eigenvalue weighted by Crippen LogP contribution is -2.56. The molecule has 2 aromatic rings. The molecule has 1 saturated heterocycles. The van der Waals surface area contributed by atoms with E-state index in [9.17, 15) is 28.8 Å².